The summed E-state index contributed by atoms with van der Waals surface area (Å²) in [4.78, 5) is 4.93. The third-order valence-corrected chi connectivity index (χ3v) is 5.90. The predicted octanol–water partition coefficient (Wildman–Crippen LogP) is 4.03. The molecule has 1 heterocycles. The minimum absolute atomic E-state index is 0.0893. The van der Waals surface area contributed by atoms with Gasteiger partial charge in [0, 0.05) is 11.4 Å². The SMILES string of the molecule is CC(C)c1csc(C(C)(NC2CC2)C2(C)CC2)n1. The molecular weight excluding hydrogens is 240 g/mol. The van der Waals surface area contributed by atoms with Gasteiger partial charge in [-0.15, -0.1) is 11.3 Å². The highest BCUT2D eigenvalue weighted by Crippen LogP contribution is 2.59. The summed E-state index contributed by atoms with van der Waals surface area (Å²) in [5.41, 5.74) is 1.76. The van der Waals surface area contributed by atoms with Crippen LogP contribution >= 0.6 is 11.3 Å². The number of hydrogen-bond acceptors (Lipinski definition) is 3. The van der Waals surface area contributed by atoms with E-state index < -0.39 is 0 Å². The Morgan fingerprint density at radius 2 is 2.11 bits per heavy atom. The Morgan fingerprint density at radius 3 is 2.56 bits per heavy atom. The molecule has 100 valence electrons. The lowest BCUT2D eigenvalue weighted by Gasteiger charge is -2.36. The van der Waals surface area contributed by atoms with E-state index in [0.717, 1.165) is 6.04 Å². The molecule has 3 rings (SSSR count). The normalized spacial score (nSPS) is 25.2. The first-order valence-electron chi connectivity index (χ1n) is 7.18. The molecule has 1 N–H and O–H groups in total. The van der Waals surface area contributed by atoms with Gasteiger partial charge in [-0.1, -0.05) is 20.8 Å². The van der Waals surface area contributed by atoms with Crippen LogP contribution in [-0.2, 0) is 5.54 Å². The molecule has 1 aromatic rings. The summed E-state index contributed by atoms with van der Waals surface area (Å²) in [5.74, 6) is 0.534. The fourth-order valence-corrected chi connectivity index (χ4v) is 3.85. The summed E-state index contributed by atoms with van der Waals surface area (Å²) in [6, 6.07) is 0.735. The zero-order valence-electron chi connectivity index (χ0n) is 11.9. The summed E-state index contributed by atoms with van der Waals surface area (Å²) >= 11 is 1.85. The highest BCUT2D eigenvalue weighted by Gasteiger charge is 2.56. The van der Waals surface area contributed by atoms with E-state index in [1.165, 1.54) is 36.4 Å². The van der Waals surface area contributed by atoms with Gasteiger partial charge in [-0.2, -0.15) is 0 Å². The average molecular weight is 264 g/mol. The van der Waals surface area contributed by atoms with Gasteiger partial charge < -0.3 is 5.32 Å². The molecule has 2 aliphatic carbocycles. The molecule has 0 bridgehead atoms. The van der Waals surface area contributed by atoms with Crippen molar-refractivity contribution in [1.82, 2.24) is 10.3 Å². The van der Waals surface area contributed by atoms with Crippen LogP contribution in [0.4, 0.5) is 0 Å². The Labute approximate surface area is 114 Å². The molecule has 1 unspecified atom stereocenters. The molecule has 0 aliphatic heterocycles. The second-order valence-electron chi connectivity index (χ2n) is 6.84. The maximum Gasteiger partial charge on any atom is 0.113 e. The fraction of sp³-hybridized carbons (Fsp3) is 0.800. The third kappa shape index (κ3) is 2.01. The highest BCUT2D eigenvalue weighted by molar-refractivity contribution is 7.09. The molecule has 1 atom stereocenters. The molecule has 0 spiro atoms. The topological polar surface area (TPSA) is 24.9 Å². The number of thiazole rings is 1. The van der Waals surface area contributed by atoms with Gasteiger partial charge in [0.15, 0.2) is 0 Å². The molecular formula is C15H24N2S. The van der Waals surface area contributed by atoms with E-state index in [1.807, 2.05) is 11.3 Å². The Balaban J connectivity index is 1.91. The van der Waals surface area contributed by atoms with Crippen LogP contribution in [0.1, 0.15) is 70.0 Å². The number of hydrogen-bond donors (Lipinski definition) is 1. The van der Waals surface area contributed by atoms with E-state index in [0.29, 0.717) is 11.3 Å². The Bertz CT molecular complexity index is 443. The second kappa shape index (κ2) is 4.04. The Kier molecular flexibility index (Phi) is 2.83. The van der Waals surface area contributed by atoms with Crippen molar-refractivity contribution < 1.29 is 0 Å². The van der Waals surface area contributed by atoms with Crippen LogP contribution in [0.25, 0.3) is 0 Å². The molecule has 2 aliphatic rings. The maximum atomic E-state index is 4.93. The molecule has 2 saturated carbocycles. The molecule has 18 heavy (non-hydrogen) atoms. The van der Waals surface area contributed by atoms with Gasteiger partial charge in [0.1, 0.15) is 5.01 Å². The smallest absolute Gasteiger partial charge is 0.113 e. The van der Waals surface area contributed by atoms with E-state index in [9.17, 15) is 0 Å². The van der Waals surface area contributed by atoms with Gasteiger partial charge >= 0.3 is 0 Å². The lowest BCUT2D eigenvalue weighted by atomic mass is 9.84. The molecule has 2 nitrogen and oxygen atoms in total. The van der Waals surface area contributed by atoms with E-state index in [-0.39, 0.29) is 5.54 Å². The van der Waals surface area contributed by atoms with E-state index >= 15 is 0 Å². The van der Waals surface area contributed by atoms with E-state index in [4.69, 9.17) is 4.98 Å². The van der Waals surface area contributed by atoms with Gasteiger partial charge in [0.2, 0.25) is 0 Å². The molecule has 2 fully saturated rings. The fourth-order valence-electron chi connectivity index (χ4n) is 2.60. The summed E-state index contributed by atoms with van der Waals surface area (Å²) in [7, 11) is 0. The van der Waals surface area contributed by atoms with E-state index in [2.05, 4.69) is 38.4 Å². The van der Waals surface area contributed by atoms with Crippen LogP contribution < -0.4 is 5.32 Å². The first-order chi connectivity index (χ1) is 8.45. The number of rotatable bonds is 5. The average Bonchev–Trinajstić information content (AvgIpc) is 3.21. The van der Waals surface area contributed by atoms with Crippen molar-refractivity contribution in [3.05, 3.63) is 16.1 Å². The minimum Gasteiger partial charge on any atom is -0.302 e. The van der Waals surface area contributed by atoms with Crippen molar-refractivity contribution in [2.45, 2.75) is 70.9 Å². The zero-order valence-corrected chi connectivity index (χ0v) is 12.7. The highest BCUT2D eigenvalue weighted by atomic mass is 32.1. The molecule has 0 amide bonds. The molecule has 3 heteroatoms. The van der Waals surface area contributed by atoms with Crippen molar-refractivity contribution >= 4 is 11.3 Å². The largest absolute Gasteiger partial charge is 0.302 e. The Morgan fingerprint density at radius 1 is 1.44 bits per heavy atom. The van der Waals surface area contributed by atoms with Gasteiger partial charge in [-0.3, -0.25) is 0 Å². The maximum absolute atomic E-state index is 4.93. The molecule has 1 aromatic heterocycles. The van der Waals surface area contributed by atoms with Gasteiger partial charge in [0.25, 0.3) is 0 Å². The van der Waals surface area contributed by atoms with Gasteiger partial charge in [-0.05, 0) is 43.9 Å². The summed E-state index contributed by atoms with van der Waals surface area (Å²) in [5, 5.41) is 7.44. The van der Waals surface area contributed by atoms with Crippen LogP contribution in [0.5, 0.6) is 0 Å². The molecule has 0 radical (unpaired) electrons. The van der Waals surface area contributed by atoms with Crippen molar-refractivity contribution in [1.29, 1.82) is 0 Å². The summed E-state index contributed by atoms with van der Waals surface area (Å²) in [6.45, 7) is 9.24. The monoisotopic (exact) mass is 264 g/mol. The van der Waals surface area contributed by atoms with Crippen LogP contribution in [0, 0.1) is 5.41 Å². The van der Waals surface area contributed by atoms with Crippen molar-refractivity contribution in [3.63, 3.8) is 0 Å². The first kappa shape index (κ1) is 12.6. The van der Waals surface area contributed by atoms with Gasteiger partial charge in [-0.25, -0.2) is 4.98 Å². The number of nitrogens with one attached hydrogen (secondary N) is 1. The summed E-state index contributed by atoms with van der Waals surface area (Å²) in [6.07, 6.45) is 5.35. The van der Waals surface area contributed by atoms with Crippen molar-refractivity contribution in [2.24, 2.45) is 5.41 Å². The van der Waals surface area contributed by atoms with Crippen LogP contribution in [0.2, 0.25) is 0 Å². The van der Waals surface area contributed by atoms with Crippen molar-refractivity contribution in [3.8, 4) is 0 Å². The lowest BCUT2D eigenvalue weighted by molar-refractivity contribution is 0.222. The van der Waals surface area contributed by atoms with E-state index in [1.54, 1.807) is 0 Å². The predicted molar refractivity (Wildman–Crippen MR) is 77.1 cm³/mol. The van der Waals surface area contributed by atoms with Gasteiger partial charge in [0.05, 0.1) is 11.2 Å². The quantitative estimate of drug-likeness (QED) is 0.868. The molecule has 0 saturated heterocycles. The molecule has 0 aromatic carbocycles. The van der Waals surface area contributed by atoms with Crippen LogP contribution in [0.15, 0.2) is 5.38 Å². The zero-order chi connectivity index (χ0) is 13.0. The second-order valence-corrected chi connectivity index (χ2v) is 7.69. The van der Waals surface area contributed by atoms with Crippen molar-refractivity contribution in [2.75, 3.05) is 0 Å². The third-order valence-electron chi connectivity index (χ3n) is 4.82. The number of nitrogens with zero attached hydrogens (tertiary/aromatic N) is 1. The Hall–Kier alpha value is -0.410. The first-order valence-corrected chi connectivity index (χ1v) is 8.06. The summed E-state index contributed by atoms with van der Waals surface area (Å²) < 4.78 is 0. The number of aromatic nitrogens is 1. The van der Waals surface area contributed by atoms with Crippen LogP contribution in [-0.4, -0.2) is 11.0 Å². The minimum atomic E-state index is 0.0893. The standard InChI is InChI=1S/C15H24N2S/c1-10(2)12-9-18-13(16-12)15(4,14(3)7-8-14)17-11-5-6-11/h9-11,17H,5-8H2,1-4H3. The van der Waals surface area contributed by atoms with Crippen LogP contribution in [0.3, 0.4) is 0 Å². The lowest BCUT2D eigenvalue weighted by Crippen LogP contribution is -2.47.